The number of likely N-dealkylation sites (N-methyl/N-ethyl adjacent to an activating group) is 1. The van der Waals surface area contributed by atoms with E-state index < -0.39 is 18.2 Å². The maximum Gasteiger partial charge on any atom is 0.411 e. The number of benzene rings is 2. The number of cyclic esters (lactones) is 1. The normalized spacial score (nSPS) is 20.9. The third kappa shape index (κ3) is 5.20. The largest absolute Gasteiger partial charge is 0.438 e. The molecule has 2 aromatic rings. The second kappa shape index (κ2) is 10.2. The lowest BCUT2D eigenvalue weighted by Crippen LogP contribution is -2.54. The molecule has 34 heavy (non-hydrogen) atoms. The molecule has 2 aliphatic rings. The lowest BCUT2D eigenvalue weighted by atomic mass is 9.99. The summed E-state index contributed by atoms with van der Waals surface area (Å²) < 4.78 is 19.1. The molecule has 0 aliphatic carbocycles. The van der Waals surface area contributed by atoms with Crippen molar-refractivity contribution in [1.29, 1.82) is 0 Å². The zero-order valence-electron chi connectivity index (χ0n) is 19.4. The van der Waals surface area contributed by atoms with E-state index in [0.29, 0.717) is 29.9 Å². The molecular formula is C25H29FN4O4. The van der Waals surface area contributed by atoms with Gasteiger partial charge in [0, 0.05) is 38.8 Å². The maximum absolute atomic E-state index is 13.7. The van der Waals surface area contributed by atoms with E-state index in [4.69, 9.17) is 4.74 Å². The second-order valence-corrected chi connectivity index (χ2v) is 8.57. The molecule has 0 spiro atoms. The van der Waals surface area contributed by atoms with Crippen LogP contribution in [0.4, 0.5) is 14.9 Å². The Balaban J connectivity index is 1.61. The van der Waals surface area contributed by atoms with E-state index in [0.717, 1.165) is 19.6 Å². The quantitative estimate of drug-likeness (QED) is 0.705. The summed E-state index contributed by atoms with van der Waals surface area (Å²) in [6.45, 7) is 7.28. The van der Waals surface area contributed by atoms with Crippen LogP contribution < -0.4 is 5.32 Å². The van der Waals surface area contributed by atoms with Gasteiger partial charge in [-0.15, -0.1) is 0 Å². The van der Waals surface area contributed by atoms with Gasteiger partial charge in [0.2, 0.25) is 11.8 Å². The van der Waals surface area contributed by atoms with Gasteiger partial charge in [-0.1, -0.05) is 31.2 Å². The summed E-state index contributed by atoms with van der Waals surface area (Å²) in [7, 11) is 0. The van der Waals surface area contributed by atoms with Crippen LogP contribution in [0.15, 0.2) is 48.5 Å². The molecule has 2 unspecified atom stereocenters. The predicted octanol–water partition coefficient (Wildman–Crippen LogP) is 3.01. The van der Waals surface area contributed by atoms with Crippen LogP contribution in [0, 0.1) is 5.82 Å². The number of nitrogens with one attached hydrogen (secondary N) is 1. The summed E-state index contributed by atoms with van der Waals surface area (Å²) in [6.07, 6.45) is -1.39. The van der Waals surface area contributed by atoms with Crippen LogP contribution >= 0.6 is 0 Å². The van der Waals surface area contributed by atoms with Gasteiger partial charge in [-0.05, 0) is 41.9 Å². The average molecular weight is 469 g/mol. The molecule has 9 heteroatoms. The molecular weight excluding hydrogens is 439 g/mol. The first-order valence-electron chi connectivity index (χ1n) is 11.5. The smallest absolute Gasteiger partial charge is 0.411 e. The van der Waals surface area contributed by atoms with Crippen molar-refractivity contribution >= 4 is 23.6 Å². The molecule has 0 radical (unpaired) electrons. The molecule has 2 aromatic carbocycles. The number of carbonyl (C=O) groups is 3. The fourth-order valence-corrected chi connectivity index (χ4v) is 4.41. The standard InChI is InChI=1S/C25H29FN4O4/c1-3-28-12-14-29(15-13-28)24(32)22-23(19-6-10-21(11-7-19)27-17(2)31)34-25(33)30(22)16-18-4-8-20(26)9-5-18/h4-11,22-23H,3,12-16H2,1-2H3,(H,27,31). The Morgan fingerprint density at radius 2 is 1.68 bits per heavy atom. The summed E-state index contributed by atoms with van der Waals surface area (Å²) in [5, 5.41) is 2.71. The summed E-state index contributed by atoms with van der Waals surface area (Å²) in [5.74, 6) is -0.726. The van der Waals surface area contributed by atoms with E-state index in [2.05, 4.69) is 17.1 Å². The Morgan fingerprint density at radius 1 is 1.03 bits per heavy atom. The zero-order valence-corrected chi connectivity index (χ0v) is 19.4. The van der Waals surface area contributed by atoms with Crippen molar-refractivity contribution in [3.63, 3.8) is 0 Å². The number of nitrogens with zero attached hydrogens (tertiary/aromatic N) is 3. The summed E-state index contributed by atoms with van der Waals surface area (Å²) in [6, 6.07) is 11.9. The topological polar surface area (TPSA) is 82.2 Å². The van der Waals surface area contributed by atoms with Crippen molar-refractivity contribution in [2.24, 2.45) is 0 Å². The SMILES string of the molecule is CCN1CCN(C(=O)C2C(c3ccc(NC(C)=O)cc3)OC(=O)N2Cc2ccc(F)cc2)CC1. The number of carbonyl (C=O) groups excluding carboxylic acids is 3. The number of piperazine rings is 1. The van der Waals surface area contributed by atoms with Gasteiger partial charge in [0.1, 0.15) is 5.82 Å². The lowest BCUT2D eigenvalue weighted by molar-refractivity contribution is -0.138. The maximum atomic E-state index is 13.7. The first-order valence-corrected chi connectivity index (χ1v) is 11.5. The molecule has 8 nitrogen and oxygen atoms in total. The highest BCUT2D eigenvalue weighted by Crippen LogP contribution is 2.35. The van der Waals surface area contributed by atoms with Crippen molar-refractivity contribution in [1.82, 2.24) is 14.7 Å². The van der Waals surface area contributed by atoms with E-state index >= 15 is 0 Å². The Bertz CT molecular complexity index is 1040. The van der Waals surface area contributed by atoms with E-state index in [1.165, 1.54) is 24.0 Å². The summed E-state index contributed by atoms with van der Waals surface area (Å²) in [5.41, 5.74) is 1.98. The highest BCUT2D eigenvalue weighted by atomic mass is 19.1. The van der Waals surface area contributed by atoms with Crippen LogP contribution in [0.5, 0.6) is 0 Å². The number of ether oxygens (including phenoxy) is 1. The van der Waals surface area contributed by atoms with Gasteiger partial charge in [0.25, 0.3) is 0 Å². The minimum Gasteiger partial charge on any atom is -0.438 e. The van der Waals surface area contributed by atoms with Gasteiger partial charge in [0.05, 0.1) is 6.54 Å². The summed E-state index contributed by atoms with van der Waals surface area (Å²) >= 11 is 0. The third-order valence-corrected chi connectivity index (χ3v) is 6.29. The molecule has 0 aromatic heterocycles. The van der Waals surface area contributed by atoms with Crippen LogP contribution in [-0.4, -0.2) is 71.4 Å². The van der Waals surface area contributed by atoms with Crippen molar-refractivity contribution in [3.05, 3.63) is 65.5 Å². The number of anilines is 1. The third-order valence-electron chi connectivity index (χ3n) is 6.29. The molecule has 2 aliphatic heterocycles. The van der Waals surface area contributed by atoms with Crippen molar-refractivity contribution in [3.8, 4) is 0 Å². The molecule has 4 rings (SSSR count). The van der Waals surface area contributed by atoms with Gasteiger partial charge in [-0.3, -0.25) is 14.5 Å². The summed E-state index contributed by atoms with van der Waals surface area (Å²) in [4.78, 5) is 43.5. The van der Waals surface area contributed by atoms with Gasteiger partial charge in [-0.25, -0.2) is 9.18 Å². The molecule has 2 saturated heterocycles. The van der Waals surface area contributed by atoms with Crippen molar-refractivity contribution < 1.29 is 23.5 Å². The second-order valence-electron chi connectivity index (χ2n) is 8.57. The van der Waals surface area contributed by atoms with Crippen LogP contribution in [0.3, 0.4) is 0 Å². The average Bonchev–Trinajstić information content (AvgIpc) is 3.16. The van der Waals surface area contributed by atoms with Crippen LogP contribution in [0.1, 0.15) is 31.1 Å². The van der Waals surface area contributed by atoms with Crippen molar-refractivity contribution in [2.75, 3.05) is 38.0 Å². The molecule has 2 fully saturated rings. The van der Waals surface area contributed by atoms with Crippen molar-refractivity contribution in [2.45, 2.75) is 32.5 Å². The minimum absolute atomic E-state index is 0.130. The van der Waals surface area contributed by atoms with Gasteiger partial charge in [-0.2, -0.15) is 0 Å². The molecule has 2 atom stereocenters. The molecule has 0 saturated carbocycles. The number of hydrogen-bond donors (Lipinski definition) is 1. The molecule has 0 bridgehead atoms. The predicted molar refractivity (Wildman–Crippen MR) is 124 cm³/mol. The van der Waals surface area contributed by atoms with Gasteiger partial charge >= 0.3 is 6.09 Å². The van der Waals surface area contributed by atoms with Crippen LogP contribution in [0.25, 0.3) is 0 Å². The number of amides is 3. The van der Waals surface area contributed by atoms with Crippen LogP contribution in [0.2, 0.25) is 0 Å². The first kappa shape index (κ1) is 23.7. The Morgan fingerprint density at radius 3 is 2.26 bits per heavy atom. The molecule has 180 valence electrons. The molecule has 3 amide bonds. The Kier molecular flexibility index (Phi) is 7.12. The lowest BCUT2D eigenvalue weighted by Gasteiger charge is -2.37. The number of hydrogen-bond acceptors (Lipinski definition) is 5. The Labute approximate surface area is 198 Å². The van der Waals surface area contributed by atoms with Gasteiger partial charge < -0.3 is 19.9 Å². The Hall–Kier alpha value is -3.46. The monoisotopic (exact) mass is 468 g/mol. The van der Waals surface area contributed by atoms with E-state index in [1.807, 2.05) is 0 Å². The minimum atomic E-state index is -0.850. The van der Waals surface area contributed by atoms with E-state index in [-0.39, 0.29) is 24.2 Å². The zero-order chi connectivity index (χ0) is 24.2. The fourth-order valence-electron chi connectivity index (χ4n) is 4.41. The highest BCUT2D eigenvalue weighted by Gasteiger charge is 2.48. The number of halogens is 1. The number of rotatable bonds is 6. The molecule has 2 heterocycles. The van der Waals surface area contributed by atoms with E-state index in [1.54, 1.807) is 41.3 Å². The van der Waals surface area contributed by atoms with Gasteiger partial charge in [0.15, 0.2) is 12.1 Å². The molecule has 1 N–H and O–H groups in total. The van der Waals surface area contributed by atoms with E-state index in [9.17, 15) is 18.8 Å². The van der Waals surface area contributed by atoms with Crippen LogP contribution in [-0.2, 0) is 20.9 Å². The fraction of sp³-hybridized carbons (Fsp3) is 0.400. The first-order chi connectivity index (χ1) is 16.4. The highest BCUT2D eigenvalue weighted by molar-refractivity contribution is 5.90.